The zero-order valence-electron chi connectivity index (χ0n) is 5.43. The Hall–Kier alpha value is -1.65. The maximum atomic E-state index is 12.5. The minimum absolute atomic E-state index is 0.488. The largest absolute Gasteiger partial charge is 0.364 e. The minimum atomic E-state index is -0.986. The third kappa shape index (κ3) is 1.43. The van der Waals surface area contributed by atoms with Crippen LogP contribution in [0.4, 0.5) is 4.39 Å². The molecule has 0 atom stereocenters. The molecule has 4 nitrogen and oxygen atoms in total. The van der Waals surface area contributed by atoms with E-state index in [2.05, 4.69) is 0 Å². The van der Waals surface area contributed by atoms with Crippen molar-refractivity contribution in [1.29, 1.82) is 0 Å². The molecule has 0 aromatic carbocycles. The first kappa shape index (κ1) is 7.46. The summed E-state index contributed by atoms with van der Waals surface area (Å²) in [6.45, 7) is 0. The van der Waals surface area contributed by atoms with E-state index in [1.165, 1.54) is 0 Å². The Labute approximate surface area is 60.8 Å². The number of nitrogens with two attached hydrogens (primary N) is 1. The van der Waals surface area contributed by atoms with Crippen molar-refractivity contribution in [3.63, 3.8) is 0 Å². The Morgan fingerprint density at radius 1 is 1.55 bits per heavy atom. The van der Waals surface area contributed by atoms with Gasteiger partial charge < -0.3 is 10.7 Å². The predicted octanol–water partition coefficient (Wildman–Crippen LogP) is -0.387. The zero-order valence-corrected chi connectivity index (χ0v) is 5.43. The van der Waals surface area contributed by atoms with E-state index >= 15 is 0 Å². The molecule has 0 aliphatic heterocycles. The Balaban J connectivity index is 3.35. The Bertz CT molecular complexity index is 345. The van der Waals surface area contributed by atoms with Crippen LogP contribution in [-0.4, -0.2) is 10.9 Å². The summed E-state index contributed by atoms with van der Waals surface area (Å²) >= 11 is 0. The molecule has 0 aliphatic carbocycles. The third-order valence-electron chi connectivity index (χ3n) is 1.11. The first-order chi connectivity index (χ1) is 5.11. The highest BCUT2D eigenvalue weighted by Crippen LogP contribution is 1.97. The lowest BCUT2D eigenvalue weighted by molar-refractivity contribution is 0.0991. The predicted molar refractivity (Wildman–Crippen MR) is 35.5 cm³/mol. The molecule has 0 saturated heterocycles. The van der Waals surface area contributed by atoms with Gasteiger partial charge >= 0.3 is 0 Å². The Morgan fingerprint density at radius 2 is 2.18 bits per heavy atom. The lowest BCUT2D eigenvalue weighted by Gasteiger charge is -1.94. The molecule has 5 heteroatoms. The molecule has 1 rings (SSSR count). The van der Waals surface area contributed by atoms with Crippen molar-refractivity contribution in [3.05, 3.63) is 34.0 Å². The summed E-state index contributed by atoms with van der Waals surface area (Å²) in [6.07, 6.45) is 0. The van der Waals surface area contributed by atoms with Crippen molar-refractivity contribution >= 4 is 5.91 Å². The second-order valence-corrected chi connectivity index (χ2v) is 1.91. The zero-order chi connectivity index (χ0) is 8.43. The molecular formula is C6H5FN2O2. The molecule has 1 amide bonds. The number of aromatic nitrogens is 1. The summed E-state index contributed by atoms with van der Waals surface area (Å²) in [7, 11) is 0. The number of hydrogen-bond acceptors (Lipinski definition) is 2. The van der Waals surface area contributed by atoms with Crippen molar-refractivity contribution in [2.75, 3.05) is 0 Å². The topological polar surface area (TPSA) is 76.0 Å². The average molecular weight is 156 g/mol. The molecule has 0 unspecified atom stereocenters. The average Bonchev–Trinajstić information content (AvgIpc) is 1.94. The van der Waals surface area contributed by atoms with E-state index in [4.69, 9.17) is 5.73 Å². The molecule has 0 fully saturated rings. The molecule has 1 aromatic rings. The normalized spacial score (nSPS) is 9.55. The van der Waals surface area contributed by atoms with Crippen molar-refractivity contribution in [1.82, 2.24) is 4.98 Å². The van der Waals surface area contributed by atoms with Crippen LogP contribution in [0.3, 0.4) is 0 Å². The summed E-state index contributed by atoms with van der Waals surface area (Å²) in [5.41, 5.74) is 3.69. The van der Waals surface area contributed by atoms with Crippen LogP contribution in [0.2, 0.25) is 0 Å². The number of hydrogen-bond donors (Lipinski definition) is 2. The molecule has 58 valence electrons. The number of amides is 1. The standard InChI is InChI=1S/C6H5FN2O2/c7-3-1-2-4(10)9-5(3)6(8)11/h1-2H,(H2,8,11)(H,9,10). The smallest absolute Gasteiger partial charge is 0.268 e. The fourth-order valence-corrected chi connectivity index (χ4v) is 0.636. The van der Waals surface area contributed by atoms with Gasteiger partial charge in [-0.2, -0.15) is 0 Å². The summed E-state index contributed by atoms with van der Waals surface area (Å²) in [5, 5.41) is 0. The van der Waals surface area contributed by atoms with Gasteiger partial charge in [0.05, 0.1) is 0 Å². The van der Waals surface area contributed by atoms with Crippen LogP contribution in [0, 0.1) is 5.82 Å². The number of carbonyl (C=O) groups excluding carboxylic acids is 1. The van der Waals surface area contributed by atoms with Gasteiger partial charge in [-0.05, 0) is 6.07 Å². The van der Waals surface area contributed by atoms with E-state index in [9.17, 15) is 14.0 Å². The number of nitrogens with one attached hydrogen (secondary N) is 1. The van der Waals surface area contributed by atoms with Crippen LogP contribution >= 0.6 is 0 Å². The summed E-state index contributed by atoms with van der Waals surface area (Å²) < 4.78 is 12.5. The molecule has 1 heterocycles. The molecule has 0 aliphatic rings. The highest BCUT2D eigenvalue weighted by molar-refractivity contribution is 5.90. The molecule has 11 heavy (non-hydrogen) atoms. The number of H-pyrrole nitrogens is 1. The van der Waals surface area contributed by atoms with E-state index < -0.39 is 23.0 Å². The molecule has 0 bridgehead atoms. The Morgan fingerprint density at radius 3 is 2.64 bits per heavy atom. The fourth-order valence-electron chi connectivity index (χ4n) is 0.636. The molecule has 0 saturated carbocycles. The van der Waals surface area contributed by atoms with Crippen LogP contribution in [0.1, 0.15) is 10.5 Å². The number of halogens is 1. The maximum Gasteiger partial charge on any atom is 0.268 e. The molecule has 1 aromatic heterocycles. The first-order valence-corrected chi connectivity index (χ1v) is 2.80. The minimum Gasteiger partial charge on any atom is -0.364 e. The van der Waals surface area contributed by atoms with Crippen molar-refractivity contribution in [2.45, 2.75) is 0 Å². The molecule has 3 N–H and O–H groups in total. The fraction of sp³-hybridized carbons (Fsp3) is 0. The molecular weight excluding hydrogens is 151 g/mol. The van der Waals surface area contributed by atoms with Gasteiger partial charge in [0.15, 0.2) is 5.82 Å². The van der Waals surface area contributed by atoms with Crippen molar-refractivity contribution in [3.8, 4) is 0 Å². The highest BCUT2D eigenvalue weighted by atomic mass is 19.1. The van der Waals surface area contributed by atoms with E-state index in [0.29, 0.717) is 0 Å². The number of carbonyl (C=O) groups is 1. The quantitative estimate of drug-likeness (QED) is 0.581. The van der Waals surface area contributed by atoms with Gasteiger partial charge in [0.25, 0.3) is 5.91 Å². The lowest BCUT2D eigenvalue weighted by atomic mass is 10.3. The molecule has 0 spiro atoms. The van der Waals surface area contributed by atoms with Crippen molar-refractivity contribution in [2.24, 2.45) is 5.73 Å². The van der Waals surface area contributed by atoms with Crippen LogP contribution < -0.4 is 11.3 Å². The van der Waals surface area contributed by atoms with E-state index in [0.717, 1.165) is 12.1 Å². The van der Waals surface area contributed by atoms with Gasteiger partial charge in [-0.15, -0.1) is 0 Å². The van der Waals surface area contributed by atoms with Gasteiger partial charge in [-0.25, -0.2) is 4.39 Å². The second-order valence-electron chi connectivity index (χ2n) is 1.91. The number of aromatic amines is 1. The van der Waals surface area contributed by atoms with E-state index in [1.54, 1.807) is 0 Å². The number of primary amides is 1. The number of pyridine rings is 1. The first-order valence-electron chi connectivity index (χ1n) is 2.80. The van der Waals surface area contributed by atoms with Gasteiger partial charge in [0.1, 0.15) is 5.69 Å². The molecule has 0 radical (unpaired) electrons. The van der Waals surface area contributed by atoms with Crippen molar-refractivity contribution < 1.29 is 9.18 Å². The monoisotopic (exact) mass is 156 g/mol. The summed E-state index contributed by atoms with van der Waals surface area (Å²) in [5.74, 6) is -1.81. The van der Waals surface area contributed by atoms with Gasteiger partial charge in [-0.1, -0.05) is 0 Å². The van der Waals surface area contributed by atoms with Crippen LogP contribution in [0.15, 0.2) is 16.9 Å². The number of rotatable bonds is 1. The lowest BCUT2D eigenvalue weighted by Crippen LogP contribution is -2.20. The van der Waals surface area contributed by atoms with Gasteiger partial charge in [0.2, 0.25) is 5.56 Å². The second kappa shape index (κ2) is 2.53. The van der Waals surface area contributed by atoms with Crippen LogP contribution in [-0.2, 0) is 0 Å². The van der Waals surface area contributed by atoms with Crippen LogP contribution in [0.25, 0.3) is 0 Å². The van der Waals surface area contributed by atoms with Gasteiger partial charge in [-0.3, -0.25) is 9.59 Å². The highest BCUT2D eigenvalue weighted by Gasteiger charge is 2.07. The Kier molecular flexibility index (Phi) is 1.72. The van der Waals surface area contributed by atoms with Gasteiger partial charge in [0, 0.05) is 6.07 Å². The SMILES string of the molecule is NC(=O)c1[nH]c(=O)ccc1F. The maximum absolute atomic E-state index is 12.5. The summed E-state index contributed by atoms with van der Waals surface area (Å²) in [6, 6.07) is 1.86. The van der Waals surface area contributed by atoms with E-state index in [1.807, 2.05) is 4.98 Å². The third-order valence-corrected chi connectivity index (χ3v) is 1.11. The van der Waals surface area contributed by atoms with Crippen LogP contribution in [0.5, 0.6) is 0 Å². The van der Waals surface area contributed by atoms with E-state index in [-0.39, 0.29) is 0 Å². The summed E-state index contributed by atoms with van der Waals surface area (Å²) in [4.78, 5) is 22.9.